The lowest BCUT2D eigenvalue weighted by molar-refractivity contribution is -0.119. The van der Waals surface area contributed by atoms with Crippen molar-refractivity contribution in [1.29, 1.82) is 0 Å². The van der Waals surface area contributed by atoms with Crippen molar-refractivity contribution in [2.45, 2.75) is 26.7 Å². The number of carbonyl (C=O) groups is 2. The van der Waals surface area contributed by atoms with Gasteiger partial charge < -0.3 is 10.4 Å². The fourth-order valence-electron chi connectivity index (χ4n) is 1.62. The molecular formula is C13H16BrNO3. The number of carbonyl (C=O) groups excluding carboxylic acids is 1. The standard InChI is InChI=1S/C13H16BrNO3/c1-3-4-8(2)12(16)15-11-6-5-9(14)7-10(11)13(17)18/h5-8H,3-4H2,1-2H3,(H,15,16)(H,17,18). The first-order valence-electron chi connectivity index (χ1n) is 5.79. The Morgan fingerprint density at radius 2 is 2.11 bits per heavy atom. The molecule has 0 saturated heterocycles. The molecule has 0 spiro atoms. The summed E-state index contributed by atoms with van der Waals surface area (Å²) < 4.78 is 0.666. The summed E-state index contributed by atoms with van der Waals surface area (Å²) in [6.45, 7) is 3.84. The Morgan fingerprint density at radius 1 is 1.44 bits per heavy atom. The molecule has 5 heteroatoms. The van der Waals surface area contributed by atoms with Crippen LogP contribution in [-0.4, -0.2) is 17.0 Å². The predicted molar refractivity (Wildman–Crippen MR) is 73.8 cm³/mol. The molecule has 0 saturated carbocycles. The van der Waals surface area contributed by atoms with Gasteiger partial charge in [-0.25, -0.2) is 4.79 Å². The van der Waals surface area contributed by atoms with Crippen LogP contribution in [0.25, 0.3) is 0 Å². The van der Waals surface area contributed by atoms with Gasteiger partial charge in [-0.1, -0.05) is 36.2 Å². The van der Waals surface area contributed by atoms with E-state index in [4.69, 9.17) is 5.11 Å². The predicted octanol–water partition coefficient (Wildman–Crippen LogP) is 3.52. The molecule has 1 unspecified atom stereocenters. The molecule has 1 amide bonds. The topological polar surface area (TPSA) is 66.4 Å². The zero-order chi connectivity index (χ0) is 13.7. The number of benzene rings is 1. The van der Waals surface area contributed by atoms with E-state index in [-0.39, 0.29) is 17.4 Å². The molecule has 0 aliphatic carbocycles. The second-order valence-electron chi connectivity index (χ2n) is 4.17. The average Bonchev–Trinajstić information content (AvgIpc) is 2.31. The summed E-state index contributed by atoms with van der Waals surface area (Å²) >= 11 is 3.21. The molecule has 0 bridgehead atoms. The van der Waals surface area contributed by atoms with Crippen molar-refractivity contribution in [2.24, 2.45) is 5.92 Å². The first kappa shape index (κ1) is 14.7. The van der Waals surface area contributed by atoms with Gasteiger partial charge in [-0.3, -0.25) is 4.79 Å². The molecule has 18 heavy (non-hydrogen) atoms. The molecule has 0 heterocycles. The first-order valence-corrected chi connectivity index (χ1v) is 6.58. The van der Waals surface area contributed by atoms with Crippen LogP contribution in [0.1, 0.15) is 37.0 Å². The molecule has 1 rings (SSSR count). The number of hydrogen-bond acceptors (Lipinski definition) is 2. The van der Waals surface area contributed by atoms with E-state index in [1.54, 1.807) is 12.1 Å². The molecule has 0 radical (unpaired) electrons. The van der Waals surface area contributed by atoms with E-state index in [1.165, 1.54) is 6.07 Å². The van der Waals surface area contributed by atoms with Gasteiger partial charge in [0.2, 0.25) is 5.91 Å². The summed E-state index contributed by atoms with van der Waals surface area (Å²) in [6.07, 6.45) is 1.70. The highest BCUT2D eigenvalue weighted by Gasteiger charge is 2.16. The van der Waals surface area contributed by atoms with Crippen molar-refractivity contribution in [3.63, 3.8) is 0 Å². The van der Waals surface area contributed by atoms with Crippen LogP contribution in [-0.2, 0) is 4.79 Å². The Labute approximate surface area is 115 Å². The average molecular weight is 314 g/mol. The summed E-state index contributed by atoms with van der Waals surface area (Å²) in [4.78, 5) is 22.9. The summed E-state index contributed by atoms with van der Waals surface area (Å²) in [7, 11) is 0. The molecule has 0 fully saturated rings. The van der Waals surface area contributed by atoms with E-state index in [0.717, 1.165) is 12.8 Å². The summed E-state index contributed by atoms with van der Waals surface area (Å²) in [5, 5.41) is 11.7. The van der Waals surface area contributed by atoms with Gasteiger partial charge in [-0.05, 0) is 24.6 Å². The van der Waals surface area contributed by atoms with Gasteiger partial charge in [-0.2, -0.15) is 0 Å². The number of hydrogen-bond donors (Lipinski definition) is 2. The summed E-state index contributed by atoms with van der Waals surface area (Å²) in [5.41, 5.74) is 0.417. The second kappa shape index (κ2) is 6.54. The van der Waals surface area contributed by atoms with Crippen molar-refractivity contribution in [2.75, 3.05) is 5.32 Å². The van der Waals surface area contributed by atoms with E-state index >= 15 is 0 Å². The molecular weight excluding hydrogens is 298 g/mol. The third-order valence-corrected chi connectivity index (χ3v) is 3.13. The SMILES string of the molecule is CCCC(C)C(=O)Nc1ccc(Br)cc1C(=O)O. The van der Waals surface area contributed by atoms with Gasteiger partial charge in [0.05, 0.1) is 11.3 Å². The monoisotopic (exact) mass is 313 g/mol. The minimum Gasteiger partial charge on any atom is -0.478 e. The first-order chi connectivity index (χ1) is 8.45. The maximum Gasteiger partial charge on any atom is 0.337 e. The van der Waals surface area contributed by atoms with Gasteiger partial charge >= 0.3 is 5.97 Å². The molecule has 4 nitrogen and oxygen atoms in total. The van der Waals surface area contributed by atoms with Crippen molar-refractivity contribution >= 4 is 33.5 Å². The zero-order valence-electron chi connectivity index (χ0n) is 10.4. The van der Waals surface area contributed by atoms with E-state index in [0.29, 0.717) is 10.2 Å². The number of nitrogens with one attached hydrogen (secondary N) is 1. The summed E-state index contributed by atoms with van der Waals surface area (Å²) in [6, 6.07) is 4.76. The molecule has 1 atom stereocenters. The Hall–Kier alpha value is -1.36. The Kier molecular flexibility index (Phi) is 5.34. The van der Waals surface area contributed by atoms with Crippen molar-refractivity contribution in [3.8, 4) is 0 Å². The van der Waals surface area contributed by atoms with Gasteiger partial charge in [-0.15, -0.1) is 0 Å². The lowest BCUT2D eigenvalue weighted by atomic mass is 10.0. The molecule has 0 aliphatic rings. The Morgan fingerprint density at radius 3 is 2.67 bits per heavy atom. The number of amides is 1. The molecule has 98 valence electrons. The molecule has 1 aromatic rings. The number of halogens is 1. The number of rotatable bonds is 5. The van der Waals surface area contributed by atoms with Crippen LogP contribution in [0.15, 0.2) is 22.7 Å². The van der Waals surface area contributed by atoms with Crippen LogP contribution in [0.2, 0.25) is 0 Å². The smallest absolute Gasteiger partial charge is 0.337 e. The maximum atomic E-state index is 11.8. The fraction of sp³-hybridized carbons (Fsp3) is 0.385. The van der Waals surface area contributed by atoms with Crippen molar-refractivity contribution in [3.05, 3.63) is 28.2 Å². The highest BCUT2D eigenvalue weighted by Crippen LogP contribution is 2.22. The normalized spacial score (nSPS) is 11.9. The maximum absolute atomic E-state index is 11.8. The lowest BCUT2D eigenvalue weighted by Gasteiger charge is -2.13. The van der Waals surface area contributed by atoms with Crippen LogP contribution in [0.3, 0.4) is 0 Å². The quantitative estimate of drug-likeness (QED) is 0.874. The van der Waals surface area contributed by atoms with E-state index in [2.05, 4.69) is 21.2 Å². The molecule has 0 aromatic heterocycles. The fourth-order valence-corrected chi connectivity index (χ4v) is 1.98. The van der Waals surface area contributed by atoms with Crippen molar-refractivity contribution in [1.82, 2.24) is 0 Å². The third-order valence-electron chi connectivity index (χ3n) is 2.64. The largest absolute Gasteiger partial charge is 0.478 e. The molecule has 1 aromatic carbocycles. The molecule has 0 aliphatic heterocycles. The van der Waals surface area contributed by atoms with Crippen LogP contribution in [0, 0.1) is 5.92 Å². The van der Waals surface area contributed by atoms with Crippen molar-refractivity contribution < 1.29 is 14.7 Å². The van der Waals surface area contributed by atoms with Crippen LogP contribution < -0.4 is 5.32 Å². The highest BCUT2D eigenvalue weighted by atomic mass is 79.9. The number of aromatic carboxylic acids is 1. The van der Waals surface area contributed by atoms with Crippen LogP contribution in [0.5, 0.6) is 0 Å². The highest BCUT2D eigenvalue weighted by molar-refractivity contribution is 9.10. The number of anilines is 1. The Balaban J connectivity index is 2.90. The van der Waals surface area contributed by atoms with Gasteiger partial charge in [0.1, 0.15) is 0 Å². The van der Waals surface area contributed by atoms with E-state index in [1.807, 2.05) is 13.8 Å². The minimum absolute atomic E-state index is 0.0847. The van der Waals surface area contributed by atoms with Gasteiger partial charge in [0, 0.05) is 10.4 Å². The molecule has 2 N–H and O–H groups in total. The Bertz CT molecular complexity index is 460. The van der Waals surface area contributed by atoms with E-state index in [9.17, 15) is 9.59 Å². The van der Waals surface area contributed by atoms with Gasteiger partial charge in [0.15, 0.2) is 0 Å². The number of carboxylic acid groups (broad SMARTS) is 1. The summed E-state index contributed by atoms with van der Waals surface area (Å²) in [5.74, 6) is -1.34. The second-order valence-corrected chi connectivity index (χ2v) is 5.09. The number of carboxylic acids is 1. The minimum atomic E-state index is -1.06. The third kappa shape index (κ3) is 3.84. The van der Waals surface area contributed by atoms with Crippen LogP contribution in [0.4, 0.5) is 5.69 Å². The lowest BCUT2D eigenvalue weighted by Crippen LogP contribution is -2.21. The van der Waals surface area contributed by atoms with Gasteiger partial charge in [0.25, 0.3) is 0 Å². The van der Waals surface area contributed by atoms with E-state index < -0.39 is 5.97 Å². The van der Waals surface area contributed by atoms with Crippen LogP contribution >= 0.6 is 15.9 Å². The zero-order valence-corrected chi connectivity index (χ0v) is 12.0.